The van der Waals surface area contributed by atoms with E-state index in [2.05, 4.69) is 21.2 Å². The normalized spacial score (nSPS) is 15.2. The van der Waals surface area contributed by atoms with E-state index in [0.717, 1.165) is 21.1 Å². The van der Waals surface area contributed by atoms with Gasteiger partial charge in [0.25, 0.3) is 11.1 Å². The van der Waals surface area contributed by atoms with Crippen molar-refractivity contribution in [3.8, 4) is 0 Å². The standard InChI is InChI=1S/C19H13BrN2O5S/c20-13-5-7-14(8-6-13)21-16(23)10-22-17(24)15(28-19(22)27)9-11-1-3-12(4-2-11)18(25)26/h1-9H,10H2,(H,21,23)(H,25,26)/b15-9-. The Labute approximate surface area is 172 Å². The maximum atomic E-state index is 12.5. The van der Waals surface area contributed by atoms with Crippen molar-refractivity contribution in [3.63, 3.8) is 0 Å². The summed E-state index contributed by atoms with van der Waals surface area (Å²) in [5, 5.41) is 11.0. The molecule has 2 aromatic rings. The van der Waals surface area contributed by atoms with Crippen molar-refractivity contribution in [2.24, 2.45) is 0 Å². The fourth-order valence-electron chi connectivity index (χ4n) is 2.39. The summed E-state index contributed by atoms with van der Waals surface area (Å²) in [5.74, 6) is -2.11. The van der Waals surface area contributed by atoms with Gasteiger partial charge in [-0.2, -0.15) is 0 Å². The van der Waals surface area contributed by atoms with Crippen LogP contribution in [0.1, 0.15) is 15.9 Å². The smallest absolute Gasteiger partial charge is 0.335 e. The summed E-state index contributed by atoms with van der Waals surface area (Å²) >= 11 is 4.03. The number of halogens is 1. The molecule has 3 amide bonds. The third kappa shape index (κ3) is 4.68. The SMILES string of the molecule is O=C(CN1C(=O)S/C(=C\c2ccc(C(=O)O)cc2)C1=O)Nc1ccc(Br)cc1. The van der Waals surface area contributed by atoms with Crippen molar-refractivity contribution in [1.29, 1.82) is 0 Å². The first-order chi connectivity index (χ1) is 13.3. The highest BCUT2D eigenvalue weighted by atomic mass is 79.9. The van der Waals surface area contributed by atoms with E-state index in [1.807, 2.05) is 0 Å². The van der Waals surface area contributed by atoms with Crippen molar-refractivity contribution in [1.82, 2.24) is 4.90 Å². The van der Waals surface area contributed by atoms with Crippen molar-refractivity contribution >= 4 is 62.5 Å². The monoisotopic (exact) mass is 460 g/mol. The van der Waals surface area contributed by atoms with Crippen LogP contribution >= 0.6 is 27.7 Å². The van der Waals surface area contributed by atoms with Crippen molar-refractivity contribution < 1.29 is 24.3 Å². The molecule has 0 aliphatic carbocycles. The molecule has 9 heteroatoms. The minimum absolute atomic E-state index is 0.120. The zero-order valence-electron chi connectivity index (χ0n) is 14.2. The average Bonchev–Trinajstić information content (AvgIpc) is 2.91. The molecule has 0 atom stereocenters. The Morgan fingerprint density at radius 1 is 1.07 bits per heavy atom. The summed E-state index contributed by atoms with van der Waals surface area (Å²) in [6, 6.07) is 12.8. The molecular weight excluding hydrogens is 448 g/mol. The topological polar surface area (TPSA) is 104 Å². The van der Waals surface area contributed by atoms with Gasteiger partial charge >= 0.3 is 5.97 Å². The number of carbonyl (C=O) groups is 4. The number of imide groups is 1. The molecule has 7 nitrogen and oxygen atoms in total. The molecule has 2 N–H and O–H groups in total. The number of nitrogens with one attached hydrogen (secondary N) is 1. The summed E-state index contributed by atoms with van der Waals surface area (Å²) in [7, 11) is 0. The molecule has 0 radical (unpaired) electrons. The van der Waals surface area contributed by atoms with Crippen LogP contribution in [0.2, 0.25) is 0 Å². The maximum Gasteiger partial charge on any atom is 0.335 e. The molecule has 0 unspecified atom stereocenters. The number of anilines is 1. The second-order valence-electron chi connectivity index (χ2n) is 5.75. The molecule has 1 heterocycles. The Balaban J connectivity index is 1.68. The van der Waals surface area contributed by atoms with Gasteiger partial charge < -0.3 is 10.4 Å². The molecule has 1 aliphatic rings. The fraction of sp³-hybridized carbons (Fsp3) is 0.0526. The molecule has 28 heavy (non-hydrogen) atoms. The highest BCUT2D eigenvalue weighted by Gasteiger charge is 2.36. The molecule has 1 saturated heterocycles. The molecule has 2 aromatic carbocycles. The summed E-state index contributed by atoms with van der Waals surface area (Å²) in [5.41, 5.74) is 1.25. The summed E-state index contributed by atoms with van der Waals surface area (Å²) < 4.78 is 0.859. The molecule has 0 saturated carbocycles. The van der Waals surface area contributed by atoms with Crippen LogP contribution in [0.3, 0.4) is 0 Å². The first kappa shape index (κ1) is 19.8. The van der Waals surface area contributed by atoms with E-state index >= 15 is 0 Å². The van der Waals surface area contributed by atoms with Gasteiger partial charge in [-0.3, -0.25) is 19.3 Å². The lowest BCUT2D eigenvalue weighted by Gasteiger charge is -2.12. The van der Waals surface area contributed by atoms with Gasteiger partial charge in [0.15, 0.2) is 0 Å². The third-order valence-electron chi connectivity index (χ3n) is 3.76. The molecule has 1 aliphatic heterocycles. The van der Waals surface area contributed by atoms with Crippen LogP contribution in [-0.2, 0) is 9.59 Å². The number of carboxylic acids is 1. The van der Waals surface area contributed by atoms with Crippen LogP contribution < -0.4 is 5.32 Å². The Morgan fingerprint density at radius 3 is 2.32 bits per heavy atom. The maximum absolute atomic E-state index is 12.5. The molecule has 142 valence electrons. The van der Waals surface area contributed by atoms with Crippen LogP contribution in [0.15, 0.2) is 57.9 Å². The third-order valence-corrected chi connectivity index (χ3v) is 5.19. The lowest BCUT2D eigenvalue weighted by atomic mass is 10.1. The Bertz CT molecular complexity index is 986. The molecule has 0 spiro atoms. The van der Waals surface area contributed by atoms with Crippen LogP contribution in [-0.4, -0.2) is 39.6 Å². The van der Waals surface area contributed by atoms with Crippen LogP contribution in [0.5, 0.6) is 0 Å². The van der Waals surface area contributed by atoms with Gasteiger partial charge in [-0.15, -0.1) is 0 Å². The highest BCUT2D eigenvalue weighted by molar-refractivity contribution is 9.10. The summed E-state index contributed by atoms with van der Waals surface area (Å²) in [4.78, 5) is 48.7. The minimum atomic E-state index is -1.05. The van der Waals surface area contributed by atoms with Crippen molar-refractivity contribution in [2.45, 2.75) is 0 Å². The quantitative estimate of drug-likeness (QED) is 0.657. The van der Waals surface area contributed by atoms with E-state index in [0.29, 0.717) is 11.3 Å². The number of hydrogen-bond donors (Lipinski definition) is 2. The number of carboxylic acid groups (broad SMARTS) is 1. The number of thioether (sulfide) groups is 1. The lowest BCUT2D eigenvalue weighted by Crippen LogP contribution is -2.36. The first-order valence-electron chi connectivity index (χ1n) is 7.97. The number of hydrogen-bond acceptors (Lipinski definition) is 5. The second kappa shape index (κ2) is 8.41. The van der Waals surface area contributed by atoms with E-state index in [1.54, 1.807) is 24.3 Å². The number of carbonyl (C=O) groups excluding carboxylic acids is 3. The first-order valence-corrected chi connectivity index (χ1v) is 9.58. The number of amides is 3. The minimum Gasteiger partial charge on any atom is -0.478 e. The molecule has 0 aromatic heterocycles. The molecule has 3 rings (SSSR count). The van der Waals surface area contributed by atoms with Crippen LogP contribution in [0.25, 0.3) is 6.08 Å². The zero-order valence-corrected chi connectivity index (χ0v) is 16.6. The van der Waals surface area contributed by atoms with Crippen molar-refractivity contribution in [2.75, 3.05) is 11.9 Å². The highest BCUT2D eigenvalue weighted by Crippen LogP contribution is 2.32. The average molecular weight is 461 g/mol. The Kier molecular flexibility index (Phi) is 5.96. The van der Waals surface area contributed by atoms with E-state index < -0.39 is 29.6 Å². The predicted octanol–water partition coefficient (Wildman–Crippen LogP) is 3.82. The van der Waals surface area contributed by atoms with Gasteiger partial charge in [0.05, 0.1) is 10.5 Å². The largest absolute Gasteiger partial charge is 0.478 e. The van der Waals surface area contributed by atoms with Gasteiger partial charge in [-0.25, -0.2) is 4.79 Å². The van der Waals surface area contributed by atoms with Gasteiger partial charge in [-0.1, -0.05) is 28.1 Å². The Hall–Kier alpha value is -2.91. The van der Waals surface area contributed by atoms with Gasteiger partial charge in [0.1, 0.15) is 6.54 Å². The Morgan fingerprint density at radius 2 is 1.71 bits per heavy atom. The summed E-state index contributed by atoms with van der Waals surface area (Å²) in [6.45, 7) is -0.393. The van der Waals surface area contributed by atoms with Gasteiger partial charge in [0, 0.05) is 10.2 Å². The van der Waals surface area contributed by atoms with Gasteiger partial charge in [-0.05, 0) is 59.8 Å². The van der Waals surface area contributed by atoms with E-state index in [-0.39, 0.29) is 10.5 Å². The number of benzene rings is 2. The van der Waals surface area contributed by atoms with Crippen LogP contribution in [0.4, 0.5) is 10.5 Å². The number of aromatic carboxylic acids is 1. The number of nitrogens with zero attached hydrogens (tertiary/aromatic N) is 1. The lowest BCUT2D eigenvalue weighted by molar-refractivity contribution is -0.127. The van der Waals surface area contributed by atoms with E-state index in [9.17, 15) is 19.2 Å². The number of rotatable bonds is 5. The molecular formula is C19H13BrN2O5S. The van der Waals surface area contributed by atoms with Crippen molar-refractivity contribution in [3.05, 3.63) is 69.0 Å². The summed E-state index contributed by atoms with van der Waals surface area (Å²) in [6.07, 6.45) is 1.49. The fourth-order valence-corrected chi connectivity index (χ4v) is 3.49. The van der Waals surface area contributed by atoms with E-state index in [4.69, 9.17) is 5.11 Å². The molecule has 1 fully saturated rings. The van der Waals surface area contributed by atoms with Gasteiger partial charge in [0.2, 0.25) is 5.91 Å². The van der Waals surface area contributed by atoms with E-state index in [1.165, 1.54) is 30.3 Å². The zero-order chi connectivity index (χ0) is 20.3. The predicted molar refractivity (Wildman–Crippen MR) is 109 cm³/mol. The second-order valence-corrected chi connectivity index (χ2v) is 7.66. The van der Waals surface area contributed by atoms with Crippen LogP contribution in [0, 0.1) is 0 Å². The molecule has 0 bridgehead atoms.